The normalized spacial score (nSPS) is 20.4. The van der Waals surface area contributed by atoms with Gasteiger partial charge in [0.1, 0.15) is 6.33 Å². The van der Waals surface area contributed by atoms with E-state index < -0.39 is 0 Å². The zero-order chi connectivity index (χ0) is 18.0. The largest absolute Gasteiger partial charge is 0.336 e. The molecular formula is C19H26N6O. The summed E-state index contributed by atoms with van der Waals surface area (Å²) in [5.41, 5.74) is 1.47. The Labute approximate surface area is 154 Å². The molecule has 0 atom stereocenters. The second-order valence-corrected chi connectivity index (χ2v) is 7.67. The molecule has 0 aromatic carbocycles. The minimum Gasteiger partial charge on any atom is -0.336 e. The fourth-order valence-electron chi connectivity index (χ4n) is 4.34. The third-order valence-corrected chi connectivity index (χ3v) is 5.75. The van der Waals surface area contributed by atoms with E-state index in [0.717, 1.165) is 51.3 Å². The third-order valence-electron chi connectivity index (χ3n) is 5.75. The molecule has 2 aromatic heterocycles. The molecule has 2 aliphatic heterocycles. The third kappa shape index (κ3) is 3.62. The molecule has 7 nitrogen and oxygen atoms in total. The van der Waals surface area contributed by atoms with E-state index in [0.29, 0.717) is 11.2 Å². The van der Waals surface area contributed by atoms with Crippen LogP contribution in [0.1, 0.15) is 42.0 Å². The Hall–Kier alpha value is -2.28. The highest BCUT2D eigenvalue weighted by atomic mass is 16.2. The number of piperidine rings is 2. The Balaban J connectivity index is 1.36. The Morgan fingerprint density at radius 1 is 1.15 bits per heavy atom. The fraction of sp³-hybridized carbons (Fsp3) is 0.579. The molecule has 0 saturated carbocycles. The summed E-state index contributed by atoms with van der Waals surface area (Å²) in [5, 5.41) is 4.15. The van der Waals surface area contributed by atoms with Gasteiger partial charge in [-0.15, -0.1) is 5.10 Å². The number of rotatable bonds is 3. The van der Waals surface area contributed by atoms with Gasteiger partial charge >= 0.3 is 0 Å². The Morgan fingerprint density at radius 2 is 2.00 bits per heavy atom. The Bertz CT molecular complexity index is 750. The van der Waals surface area contributed by atoms with Crippen molar-refractivity contribution in [2.75, 3.05) is 26.2 Å². The van der Waals surface area contributed by atoms with Crippen LogP contribution in [-0.2, 0) is 13.6 Å². The van der Waals surface area contributed by atoms with Gasteiger partial charge in [-0.05, 0) is 49.8 Å². The van der Waals surface area contributed by atoms with Gasteiger partial charge < -0.3 is 4.90 Å². The van der Waals surface area contributed by atoms with Crippen molar-refractivity contribution in [3.63, 3.8) is 0 Å². The second kappa shape index (κ2) is 7.15. The van der Waals surface area contributed by atoms with Crippen molar-refractivity contribution in [2.45, 2.75) is 32.2 Å². The molecule has 0 aliphatic carbocycles. The number of amides is 1. The summed E-state index contributed by atoms with van der Waals surface area (Å²) >= 11 is 0. The van der Waals surface area contributed by atoms with Crippen LogP contribution in [0.3, 0.4) is 0 Å². The summed E-state index contributed by atoms with van der Waals surface area (Å²) in [6.45, 7) is 4.76. The Morgan fingerprint density at radius 3 is 2.69 bits per heavy atom. The molecule has 0 bridgehead atoms. The van der Waals surface area contributed by atoms with Gasteiger partial charge in [0.25, 0.3) is 5.91 Å². The number of pyridine rings is 1. The van der Waals surface area contributed by atoms with Crippen LogP contribution in [0.4, 0.5) is 0 Å². The van der Waals surface area contributed by atoms with E-state index in [9.17, 15) is 4.79 Å². The number of nitrogens with zero attached hydrogens (tertiary/aromatic N) is 6. The van der Waals surface area contributed by atoms with Crippen LogP contribution in [0, 0.1) is 5.41 Å². The minimum absolute atomic E-state index is 0.0402. The lowest BCUT2D eigenvalue weighted by atomic mass is 9.72. The molecule has 1 amide bonds. The van der Waals surface area contributed by atoms with Crippen LogP contribution < -0.4 is 0 Å². The monoisotopic (exact) mass is 354 g/mol. The molecule has 4 rings (SSSR count). The molecule has 2 saturated heterocycles. The van der Waals surface area contributed by atoms with Crippen molar-refractivity contribution < 1.29 is 4.79 Å². The maximum absolute atomic E-state index is 12.6. The molecular weight excluding hydrogens is 328 g/mol. The summed E-state index contributed by atoms with van der Waals surface area (Å²) < 4.78 is 1.58. The van der Waals surface area contributed by atoms with Gasteiger partial charge in [0, 0.05) is 39.4 Å². The van der Waals surface area contributed by atoms with Crippen LogP contribution >= 0.6 is 0 Å². The first kappa shape index (κ1) is 17.1. The zero-order valence-corrected chi connectivity index (χ0v) is 15.3. The average Bonchev–Trinajstić information content (AvgIpc) is 3.09. The number of carbonyl (C=O) groups excluding carboxylic acids is 1. The highest BCUT2D eigenvalue weighted by Gasteiger charge is 2.39. The lowest BCUT2D eigenvalue weighted by Gasteiger charge is -2.47. The van der Waals surface area contributed by atoms with Crippen LogP contribution in [0.2, 0.25) is 0 Å². The zero-order valence-electron chi connectivity index (χ0n) is 15.3. The molecule has 138 valence electrons. The number of hydrogen-bond donors (Lipinski definition) is 0. The second-order valence-electron chi connectivity index (χ2n) is 7.67. The maximum atomic E-state index is 12.6. The minimum atomic E-state index is -0.0402. The van der Waals surface area contributed by atoms with Crippen LogP contribution in [0.5, 0.6) is 0 Å². The first-order chi connectivity index (χ1) is 12.6. The van der Waals surface area contributed by atoms with Gasteiger partial charge in [-0.25, -0.2) is 4.98 Å². The standard InChI is InChI=1S/C19H26N6O/c1-23-15-21-17(22-23)18(26)25-11-7-19(8-12-25)6-4-10-24(14-19)13-16-5-2-3-9-20-16/h2-3,5,9,15H,4,6-8,10-14H2,1H3. The average molecular weight is 354 g/mol. The van der Waals surface area contributed by atoms with Gasteiger partial charge in [-0.2, -0.15) is 0 Å². The molecule has 2 fully saturated rings. The number of carbonyl (C=O) groups is 1. The number of aryl methyl sites for hydroxylation is 1. The summed E-state index contributed by atoms with van der Waals surface area (Å²) in [4.78, 5) is 25.6. The molecule has 0 radical (unpaired) electrons. The van der Waals surface area contributed by atoms with Gasteiger partial charge in [-0.1, -0.05) is 6.07 Å². The topological polar surface area (TPSA) is 67.2 Å². The van der Waals surface area contributed by atoms with E-state index in [1.165, 1.54) is 12.8 Å². The summed E-state index contributed by atoms with van der Waals surface area (Å²) in [7, 11) is 1.78. The Kier molecular flexibility index (Phi) is 4.72. The van der Waals surface area contributed by atoms with E-state index in [4.69, 9.17) is 0 Å². The van der Waals surface area contributed by atoms with Crippen LogP contribution in [-0.4, -0.2) is 61.6 Å². The van der Waals surface area contributed by atoms with Crippen LogP contribution in [0.15, 0.2) is 30.7 Å². The number of likely N-dealkylation sites (tertiary alicyclic amines) is 2. The molecule has 0 N–H and O–H groups in total. The highest BCUT2D eigenvalue weighted by Crippen LogP contribution is 2.40. The van der Waals surface area contributed by atoms with Crippen molar-refractivity contribution in [3.8, 4) is 0 Å². The molecule has 26 heavy (non-hydrogen) atoms. The van der Waals surface area contributed by atoms with E-state index >= 15 is 0 Å². The molecule has 1 spiro atoms. The van der Waals surface area contributed by atoms with Gasteiger partial charge in [0.15, 0.2) is 0 Å². The predicted octanol–water partition coefficient (Wildman–Crippen LogP) is 1.73. The fourth-order valence-corrected chi connectivity index (χ4v) is 4.34. The van der Waals surface area contributed by atoms with E-state index in [1.54, 1.807) is 18.1 Å². The predicted molar refractivity (Wildman–Crippen MR) is 97.3 cm³/mol. The molecule has 2 aliphatic rings. The van der Waals surface area contributed by atoms with Crippen molar-refractivity contribution in [3.05, 3.63) is 42.2 Å². The smallest absolute Gasteiger partial charge is 0.293 e. The number of aromatic nitrogens is 4. The van der Waals surface area contributed by atoms with Crippen molar-refractivity contribution in [1.82, 2.24) is 29.5 Å². The molecule has 7 heteroatoms. The first-order valence-corrected chi connectivity index (χ1v) is 9.41. The maximum Gasteiger partial charge on any atom is 0.293 e. The lowest BCUT2D eigenvalue weighted by Crippen LogP contribution is -2.50. The van der Waals surface area contributed by atoms with Crippen molar-refractivity contribution >= 4 is 5.91 Å². The highest BCUT2D eigenvalue weighted by molar-refractivity contribution is 5.90. The van der Waals surface area contributed by atoms with Gasteiger partial charge in [0.05, 0.1) is 5.69 Å². The molecule has 4 heterocycles. The SMILES string of the molecule is Cn1cnc(C(=O)N2CCC3(CCCN(Cc4ccccn4)C3)CC2)n1. The van der Waals surface area contributed by atoms with Gasteiger partial charge in [0.2, 0.25) is 5.82 Å². The quantitative estimate of drug-likeness (QED) is 0.840. The lowest BCUT2D eigenvalue weighted by molar-refractivity contribution is 0.0189. The van der Waals surface area contributed by atoms with Crippen molar-refractivity contribution in [1.29, 1.82) is 0 Å². The van der Waals surface area contributed by atoms with E-state index in [2.05, 4.69) is 32.1 Å². The van der Waals surface area contributed by atoms with Gasteiger partial charge in [-0.3, -0.25) is 19.4 Å². The van der Waals surface area contributed by atoms with Crippen LogP contribution in [0.25, 0.3) is 0 Å². The van der Waals surface area contributed by atoms with Crippen molar-refractivity contribution in [2.24, 2.45) is 12.5 Å². The van der Waals surface area contributed by atoms with E-state index in [-0.39, 0.29) is 5.91 Å². The first-order valence-electron chi connectivity index (χ1n) is 9.41. The summed E-state index contributed by atoms with van der Waals surface area (Å²) in [6.07, 6.45) is 8.05. The summed E-state index contributed by atoms with van der Waals surface area (Å²) in [5.74, 6) is 0.269. The number of hydrogen-bond acceptors (Lipinski definition) is 5. The summed E-state index contributed by atoms with van der Waals surface area (Å²) in [6, 6.07) is 6.12. The molecule has 2 aromatic rings. The van der Waals surface area contributed by atoms with E-state index in [1.807, 2.05) is 17.2 Å². The molecule has 0 unspecified atom stereocenters.